The first-order valence-corrected chi connectivity index (χ1v) is 6.18. The van der Waals surface area contributed by atoms with Crippen LogP contribution < -0.4 is 11.1 Å². The Bertz CT molecular complexity index is 546. The number of carbonyl (C=O) groups is 2. The molecule has 0 aliphatic carbocycles. The number of rotatable bonds is 4. The maximum atomic E-state index is 12.2. The molecule has 6 heteroatoms. The lowest BCUT2D eigenvalue weighted by atomic mass is 10.2. The van der Waals surface area contributed by atoms with Crippen molar-refractivity contribution in [1.29, 1.82) is 0 Å². The number of hydrogen-bond donors (Lipinski definition) is 2. The summed E-state index contributed by atoms with van der Waals surface area (Å²) in [7, 11) is 3.21. The van der Waals surface area contributed by atoms with E-state index in [0.29, 0.717) is 17.7 Å². The summed E-state index contributed by atoms with van der Waals surface area (Å²) < 4.78 is 0. The minimum atomic E-state index is -0.196. The van der Waals surface area contributed by atoms with Crippen molar-refractivity contribution in [2.24, 2.45) is 5.73 Å². The van der Waals surface area contributed by atoms with Crippen molar-refractivity contribution in [3.05, 3.63) is 29.6 Å². The predicted molar refractivity (Wildman–Crippen MR) is 75.8 cm³/mol. The van der Waals surface area contributed by atoms with Crippen LogP contribution in [0.3, 0.4) is 0 Å². The van der Waals surface area contributed by atoms with Gasteiger partial charge in [-0.15, -0.1) is 0 Å². The van der Waals surface area contributed by atoms with E-state index in [0.717, 1.165) is 0 Å². The number of nitrogens with one attached hydrogen (secondary N) is 1. The summed E-state index contributed by atoms with van der Waals surface area (Å²) in [5, 5.41) is 2.51. The molecule has 0 aromatic carbocycles. The van der Waals surface area contributed by atoms with E-state index in [2.05, 4.69) is 22.1 Å². The van der Waals surface area contributed by atoms with Crippen LogP contribution in [-0.2, 0) is 4.79 Å². The molecule has 2 amide bonds. The number of aromatic nitrogens is 1. The maximum absolute atomic E-state index is 12.2. The van der Waals surface area contributed by atoms with E-state index >= 15 is 0 Å². The molecule has 0 aliphatic heterocycles. The zero-order valence-corrected chi connectivity index (χ0v) is 11.6. The summed E-state index contributed by atoms with van der Waals surface area (Å²) in [6.07, 6.45) is 3.31. The third-order valence-corrected chi connectivity index (χ3v) is 2.62. The zero-order chi connectivity index (χ0) is 15.0. The Morgan fingerprint density at radius 1 is 1.45 bits per heavy atom. The predicted octanol–water partition coefficient (Wildman–Crippen LogP) is -0.400. The van der Waals surface area contributed by atoms with Crippen LogP contribution in [-0.4, -0.2) is 48.9 Å². The van der Waals surface area contributed by atoms with E-state index < -0.39 is 0 Å². The molecule has 0 aliphatic rings. The van der Waals surface area contributed by atoms with Gasteiger partial charge in [-0.05, 0) is 6.07 Å². The molecule has 20 heavy (non-hydrogen) atoms. The summed E-state index contributed by atoms with van der Waals surface area (Å²) in [5.41, 5.74) is 6.37. The highest BCUT2D eigenvalue weighted by Gasteiger charge is 2.13. The van der Waals surface area contributed by atoms with Crippen LogP contribution >= 0.6 is 0 Å². The molecule has 0 fully saturated rings. The quantitative estimate of drug-likeness (QED) is 0.731. The number of nitrogens with two attached hydrogens (primary N) is 1. The summed E-state index contributed by atoms with van der Waals surface area (Å²) in [5.74, 6) is 5.23. The lowest BCUT2D eigenvalue weighted by Gasteiger charge is -2.16. The standard InChI is InChI=1S/C14H18N4O2/c1-16-13(19)5-7-18(2)14(20)12-8-11(4-3-6-15)9-17-10-12/h8-10H,5-7,15H2,1-2H3,(H,16,19). The fraction of sp³-hybridized carbons (Fsp3) is 0.357. The molecule has 106 valence electrons. The summed E-state index contributed by atoms with van der Waals surface area (Å²) in [6, 6.07) is 1.66. The Hall–Kier alpha value is -2.39. The van der Waals surface area contributed by atoms with Crippen LogP contribution in [0.25, 0.3) is 0 Å². The molecule has 0 bridgehead atoms. The lowest BCUT2D eigenvalue weighted by molar-refractivity contribution is -0.120. The van der Waals surface area contributed by atoms with Crippen LogP contribution in [0.15, 0.2) is 18.5 Å². The molecule has 1 heterocycles. The van der Waals surface area contributed by atoms with Gasteiger partial charge in [-0.2, -0.15) is 0 Å². The van der Waals surface area contributed by atoms with E-state index in [1.807, 2.05) is 0 Å². The second kappa shape index (κ2) is 7.92. The number of hydrogen-bond acceptors (Lipinski definition) is 4. The molecule has 1 aromatic rings. The summed E-state index contributed by atoms with van der Waals surface area (Å²) >= 11 is 0. The molecule has 1 aromatic heterocycles. The average molecular weight is 274 g/mol. The second-order valence-corrected chi connectivity index (χ2v) is 4.12. The van der Waals surface area contributed by atoms with Crippen molar-refractivity contribution in [3.8, 4) is 11.8 Å². The van der Waals surface area contributed by atoms with Gasteiger partial charge in [-0.1, -0.05) is 11.8 Å². The molecule has 3 N–H and O–H groups in total. The maximum Gasteiger partial charge on any atom is 0.255 e. The highest BCUT2D eigenvalue weighted by Crippen LogP contribution is 2.05. The molecule has 1 rings (SSSR count). The number of amides is 2. The summed E-state index contributed by atoms with van der Waals surface area (Å²) in [6.45, 7) is 0.599. The first-order valence-electron chi connectivity index (χ1n) is 6.18. The van der Waals surface area contributed by atoms with Crippen LogP contribution in [0.2, 0.25) is 0 Å². The van der Waals surface area contributed by atoms with Gasteiger partial charge in [0.1, 0.15) is 0 Å². The highest BCUT2D eigenvalue weighted by atomic mass is 16.2. The van der Waals surface area contributed by atoms with E-state index in [1.54, 1.807) is 26.4 Å². The Morgan fingerprint density at radius 3 is 2.85 bits per heavy atom. The van der Waals surface area contributed by atoms with Crippen LogP contribution in [0.4, 0.5) is 0 Å². The molecular formula is C14H18N4O2. The smallest absolute Gasteiger partial charge is 0.255 e. The van der Waals surface area contributed by atoms with Crippen LogP contribution in [0.5, 0.6) is 0 Å². The van der Waals surface area contributed by atoms with Gasteiger partial charge >= 0.3 is 0 Å². The third-order valence-electron chi connectivity index (χ3n) is 2.62. The molecule has 6 nitrogen and oxygen atoms in total. The number of nitrogens with zero attached hydrogens (tertiary/aromatic N) is 2. The van der Waals surface area contributed by atoms with Gasteiger partial charge in [0.25, 0.3) is 5.91 Å². The molecule has 0 saturated heterocycles. The van der Waals surface area contributed by atoms with E-state index in [1.165, 1.54) is 11.1 Å². The van der Waals surface area contributed by atoms with Crippen molar-refractivity contribution in [1.82, 2.24) is 15.2 Å². The number of pyridine rings is 1. The molecule has 0 unspecified atom stereocenters. The van der Waals surface area contributed by atoms with E-state index in [-0.39, 0.29) is 24.8 Å². The largest absolute Gasteiger partial charge is 0.359 e. The van der Waals surface area contributed by atoms with Crippen molar-refractivity contribution < 1.29 is 9.59 Å². The lowest BCUT2D eigenvalue weighted by Crippen LogP contribution is -2.31. The van der Waals surface area contributed by atoms with Crippen molar-refractivity contribution in [3.63, 3.8) is 0 Å². The van der Waals surface area contributed by atoms with Crippen LogP contribution in [0, 0.1) is 11.8 Å². The summed E-state index contributed by atoms with van der Waals surface area (Å²) in [4.78, 5) is 28.8. The molecule has 0 saturated carbocycles. The highest BCUT2D eigenvalue weighted by molar-refractivity contribution is 5.94. The van der Waals surface area contributed by atoms with Gasteiger partial charge in [0.15, 0.2) is 0 Å². The van der Waals surface area contributed by atoms with Gasteiger partial charge in [0, 0.05) is 45.0 Å². The van der Waals surface area contributed by atoms with Crippen molar-refractivity contribution in [2.75, 3.05) is 27.2 Å². The number of carbonyl (C=O) groups excluding carboxylic acids is 2. The molecule has 0 spiro atoms. The SMILES string of the molecule is CNC(=O)CCN(C)C(=O)c1cncc(C#CCN)c1. The van der Waals surface area contributed by atoms with Gasteiger partial charge in [-0.25, -0.2) is 0 Å². The van der Waals surface area contributed by atoms with Crippen molar-refractivity contribution in [2.45, 2.75) is 6.42 Å². The van der Waals surface area contributed by atoms with E-state index in [4.69, 9.17) is 5.73 Å². The van der Waals surface area contributed by atoms with Gasteiger partial charge < -0.3 is 16.0 Å². The fourth-order valence-electron chi connectivity index (χ4n) is 1.49. The van der Waals surface area contributed by atoms with Gasteiger partial charge in [0.2, 0.25) is 5.91 Å². The minimum absolute atomic E-state index is 0.106. The average Bonchev–Trinajstić information content (AvgIpc) is 2.49. The Labute approximate surface area is 118 Å². The Balaban J connectivity index is 2.73. The zero-order valence-electron chi connectivity index (χ0n) is 11.6. The first-order chi connectivity index (χ1) is 9.58. The van der Waals surface area contributed by atoms with Gasteiger partial charge in [-0.3, -0.25) is 14.6 Å². The normalized spacial score (nSPS) is 9.35. The monoisotopic (exact) mass is 274 g/mol. The molecular weight excluding hydrogens is 256 g/mol. The molecule has 0 radical (unpaired) electrons. The topological polar surface area (TPSA) is 88.3 Å². The Morgan fingerprint density at radius 2 is 2.20 bits per heavy atom. The Kier molecular flexibility index (Phi) is 6.20. The fourth-order valence-corrected chi connectivity index (χ4v) is 1.49. The third kappa shape index (κ3) is 4.71. The van der Waals surface area contributed by atoms with Crippen molar-refractivity contribution >= 4 is 11.8 Å². The first kappa shape index (κ1) is 15.7. The van der Waals surface area contributed by atoms with E-state index in [9.17, 15) is 9.59 Å². The minimum Gasteiger partial charge on any atom is -0.359 e. The van der Waals surface area contributed by atoms with Crippen LogP contribution in [0.1, 0.15) is 22.3 Å². The second-order valence-electron chi connectivity index (χ2n) is 4.12. The molecule has 0 atom stereocenters. The van der Waals surface area contributed by atoms with Gasteiger partial charge in [0.05, 0.1) is 12.1 Å².